The molecular weight excluding hydrogens is 168 g/mol. The van der Waals surface area contributed by atoms with E-state index in [2.05, 4.69) is 0 Å². The average Bonchev–Trinajstić information content (AvgIpc) is 2.16. The second-order valence-electron chi connectivity index (χ2n) is 1.74. The molecule has 0 saturated heterocycles. The van der Waals surface area contributed by atoms with Crippen molar-refractivity contribution in [3.63, 3.8) is 0 Å². The molecule has 72 valence electrons. The van der Waals surface area contributed by atoms with Crippen molar-refractivity contribution in [2.75, 3.05) is 19.8 Å². The van der Waals surface area contributed by atoms with Crippen molar-refractivity contribution in [3.05, 3.63) is 0 Å². The van der Waals surface area contributed by atoms with Gasteiger partial charge >= 0.3 is 0 Å². The molecule has 0 aliphatic carbocycles. The fourth-order valence-electron chi connectivity index (χ4n) is 0.0930. The topological polar surface area (TPSA) is 115 Å². The summed E-state index contributed by atoms with van der Waals surface area (Å²) in [5.41, 5.74) is 0. The minimum atomic E-state index is -1.19. The molecule has 0 aliphatic rings. The average molecular weight is 180 g/mol. The number of aliphatic hydroxyl groups excluding tert-OH is 4. The first-order valence-electron chi connectivity index (χ1n) is 3.10. The van der Waals surface area contributed by atoms with E-state index in [-0.39, 0.29) is 6.29 Å². The van der Waals surface area contributed by atoms with Gasteiger partial charge in [0.25, 0.3) is 0 Å². The Morgan fingerprint density at radius 1 is 1.25 bits per heavy atom. The molecule has 0 aromatic carbocycles. The van der Waals surface area contributed by atoms with E-state index in [0.29, 0.717) is 0 Å². The third kappa shape index (κ3) is 11.9. The number of hydrogen-bond acceptors (Lipinski definition) is 6. The van der Waals surface area contributed by atoms with Crippen molar-refractivity contribution in [3.8, 4) is 0 Å². The lowest BCUT2D eigenvalue weighted by atomic mass is 10.4. The van der Waals surface area contributed by atoms with Gasteiger partial charge in [0, 0.05) is 0 Å². The fraction of sp³-hybridized carbons (Fsp3) is 0.667. The van der Waals surface area contributed by atoms with Gasteiger partial charge in [-0.05, 0) is 0 Å². The maximum atomic E-state index is 9.68. The van der Waals surface area contributed by atoms with E-state index < -0.39 is 31.7 Å². The summed E-state index contributed by atoms with van der Waals surface area (Å²) < 4.78 is 0. The van der Waals surface area contributed by atoms with Crippen molar-refractivity contribution in [1.29, 1.82) is 0 Å². The monoisotopic (exact) mass is 180 g/mol. The molecule has 0 heterocycles. The highest BCUT2D eigenvalue weighted by atomic mass is 16.3. The van der Waals surface area contributed by atoms with Gasteiger partial charge in [-0.25, -0.2) is 0 Å². The third-order valence-electron chi connectivity index (χ3n) is 0.697. The Hall–Kier alpha value is -0.820. The molecule has 12 heavy (non-hydrogen) atoms. The molecule has 0 aromatic rings. The standard InChI is InChI=1S/2C3H6O3/c2*4-1-3(6)2-5/h4-5H,1-2H2;1,3,5-6H,2H2. The van der Waals surface area contributed by atoms with Gasteiger partial charge in [-0.2, -0.15) is 0 Å². The molecule has 6 heteroatoms. The lowest BCUT2D eigenvalue weighted by Gasteiger charge is -1.89. The molecule has 0 rings (SSSR count). The largest absolute Gasteiger partial charge is 0.393 e. The minimum absolute atomic E-state index is 0.278. The Balaban J connectivity index is 0. The van der Waals surface area contributed by atoms with Crippen LogP contribution in [0.15, 0.2) is 0 Å². The molecule has 0 saturated carbocycles. The number of hydrogen-bond donors (Lipinski definition) is 4. The first kappa shape index (κ1) is 13.7. The highest BCUT2D eigenvalue weighted by Crippen LogP contribution is 1.66. The van der Waals surface area contributed by atoms with Gasteiger partial charge in [-0.1, -0.05) is 0 Å². The van der Waals surface area contributed by atoms with E-state index in [9.17, 15) is 9.59 Å². The number of carbonyl (C=O) groups excluding carboxylic acids is 2. The summed E-state index contributed by atoms with van der Waals surface area (Å²) in [6, 6.07) is 0. The molecule has 0 aromatic heterocycles. The van der Waals surface area contributed by atoms with Gasteiger partial charge in [-0.3, -0.25) is 4.79 Å². The van der Waals surface area contributed by atoms with E-state index in [1.807, 2.05) is 0 Å². The maximum Gasteiger partial charge on any atom is 0.183 e. The molecule has 0 bridgehead atoms. The first-order chi connectivity index (χ1) is 5.62. The van der Waals surface area contributed by atoms with Gasteiger partial charge < -0.3 is 25.2 Å². The molecule has 4 N–H and O–H groups in total. The Morgan fingerprint density at radius 3 is 1.67 bits per heavy atom. The molecular formula is C6H12O6. The van der Waals surface area contributed by atoms with Crippen LogP contribution in [0.5, 0.6) is 0 Å². The number of aliphatic hydroxyl groups is 4. The van der Waals surface area contributed by atoms with Gasteiger partial charge in [0.15, 0.2) is 12.1 Å². The number of aldehydes is 1. The Morgan fingerprint density at radius 2 is 1.67 bits per heavy atom. The second-order valence-corrected chi connectivity index (χ2v) is 1.74. The van der Waals surface area contributed by atoms with Gasteiger partial charge in [-0.15, -0.1) is 0 Å². The number of ketones is 1. The van der Waals surface area contributed by atoms with E-state index in [1.165, 1.54) is 0 Å². The van der Waals surface area contributed by atoms with Crippen LogP contribution in [0.3, 0.4) is 0 Å². The van der Waals surface area contributed by atoms with Crippen LogP contribution in [0.4, 0.5) is 0 Å². The summed E-state index contributed by atoms with van der Waals surface area (Å²) in [6.07, 6.45) is -0.912. The smallest absolute Gasteiger partial charge is 0.183 e. The molecule has 1 unspecified atom stereocenters. The summed E-state index contributed by atoms with van der Waals surface area (Å²) in [5.74, 6) is -0.546. The first-order valence-corrected chi connectivity index (χ1v) is 3.10. The summed E-state index contributed by atoms with van der Waals surface area (Å²) in [6.45, 7) is -1.60. The van der Waals surface area contributed by atoms with Gasteiger partial charge in [0.1, 0.15) is 19.3 Å². The lowest BCUT2D eigenvalue weighted by molar-refractivity contribution is -0.124. The predicted octanol–water partition coefficient (Wildman–Crippen LogP) is -2.92. The summed E-state index contributed by atoms with van der Waals surface area (Å²) >= 11 is 0. The summed E-state index contributed by atoms with van der Waals surface area (Å²) in [7, 11) is 0. The zero-order chi connectivity index (χ0) is 9.98. The number of rotatable bonds is 4. The van der Waals surface area contributed by atoms with Crippen LogP contribution in [0.2, 0.25) is 0 Å². The van der Waals surface area contributed by atoms with Crippen molar-refractivity contribution < 1.29 is 30.0 Å². The number of Topliss-reactive ketones (excluding diaryl/α,β-unsaturated/α-hetero) is 1. The SMILES string of the molecule is O=C(CO)CO.O=CC(O)CO. The van der Waals surface area contributed by atoms with Crippen molar-refractivity contribution in [1.82, 2.24) is 0 Å². The highest BCUT2D eigenvalue weighted by molar-refractivity contribution is 5.80. The molecule has 0 fully saturated rings. The Labute approximate surface area is 69.1 Å². The van der Waals surface area contributed by atoms with Crippen LogP contribution in [-0.4, -0.2) is 58.4 Å². The molecule has 0 aliphatic heterocycles. The maximum absolute atomic E-state index is 9.68. The summed E-state index contributed by atoms with van der Waals surface area (Å²) in [5, 5.41) is 31.6. The van der Waals surface area contributed by atoms with Crippen LogP contribution in [-0.2, 0) is 9.59 Å². The molecule has 0 spiro atoms. The quantitative estimate of drug-likeness (QED) is 0.344. The Kier molecular flexibility index (Phi) is 11.7. The second kappa shape index (κ2) is 10.2. The van der Waals surface area contributed by atoms with Crippen LogP contribution in [0.1, 0.15) is 0 Å². The molecule has 1 atom stereocenters. The van der Waals surface area contributed by atoms with E-state index in [0.717, 1.165) is 0 Å². The van der Waals surface area contributed by atoms with Gasteiger partial charge in [0.2, 0.25) is 0 Å². The van der Waals surface area contributed by atoms with Crippen LogP contribution < -0.4 is 0 Å². The van der Waals surface area contributed by atoms with E-state index >= 15 is 0 Å². The van der Waals surface area contributed by atoms with Crippen LogP contribution >= 0.6 is 0 Å². The van der Waals surface area contributed by atoms with Gasteiger partial charge in [0.05, 0.1) is 6.61 Å². The molecule has 0 amide bonds. The van der Waals surface area contributed by atoms with Crippen molar-refractivity contribution in [2.45, 2.75) is 6.10 Å². The van der Waals surface area contributed by atoms with Crippen molar-refractivity contribution in [2.24, 2.45) is 0 Å². The predicted molar refractivity (Wildman–Crippen MR) is 38.3 cm³/mol. The fourth-order valence-corrected chi connectivity index (χ4v) is 0.0930. The zero-order valence-electron chi connectivity index (χ0n) is 6.38. The van der Waals surface area contributed by atoms with Crippen LogP contribution in [0.25, 0.3) is 0 Å². The summed E-state index contributed by atoms with van der Waals surface area (Å²) in [4.78, 5) is 19.0. The third-order valence-corrected chi connectivity index (χ3v) is 0.697. The zero-order valence-corrected chi connectivity index (χ0v) is 6.38. The highest BCUT2D eigenvalue weighted by Gasteiger charge is 1.92. The molecule has 0 radical (unpaired) electrons. The minimum Gasteiger partial charge on any atom is -0.393 e. The number of carbonyl (C=O) groups is 2. The Bertz CT molecular complexity index is 117. The van der Waals surface area contributed by atoms with E-state index in [4.69, 9.17) is 20.4 Å². The van der Waals surface area contributed by atoms with E-state index in [1.54, 1.807) is 0 Å². The molecule has 6 nitrogen and oxygen atoms in total. The lowest BCUT2D eigenvalue weighted by Crippen LogP contribution is -2.12. The van der Waals surface area contributed by atoms with Crippen LogP contribution in [0, 0.1) is 0 Å². The van der Waals surface area contributed by atoms with Crippen molar-refractivity contribution >= 4 is 12.1 Å². The normalized spacial score (nSPS) is 11.0.